The van der Waals surface area contributed by atoms with Gasteiger partial charge in [0.2, 0.25) is 5.78 Å². The highest BCUT2D eigenvalue weighted by Gasteiger charge is 2.69. The van der Waals surface area contributed by atoms with Crippen LogP contribution in [-0.2, 0) is 19.1 Å². The topological polar surface area (TPSA) is 80.7 Å². The van der Waals surface area contributed by atoms with Crippen LogP contribution in [0.15, 0.2) is 0 Å². The Balaban J connectivity index is 1.62. The molecule has 0 spiro atoms. The molecule has 0 aromatic rings. The molecule has 4 aliphatic rings. The van der Waals surface area contributed by atoms with Crippen molar-refractivity contribution in [3.05, 3.63) is 0 Å². The van der Waals surface area contributed by atoms with Crippen LogP contribution in [0.3, 0.4) is 0 Å². The monoisotopic (exact) mass is 404 g/mol. The molecule has 0 heterocycles. The second-order valence-corrected chi connectivity index (χ2v) is 11.0. The Labute approximate surface area is 174 Å². The number of hydrogen-bond acceptors (Lipinski definition) is 5. The first-order chi connectivity index (χ1) is 13.5. The van der Waals surface area contributed by atoms with Gasteiger partial charge in [-0.25, -0.2) is 0 Å². The van der Waals surface area contributed by atoms with Crippen molar-refractivity contribution in [2.24, 2.45) is 40.4 Å². The molecular weight excluding hydrogens is 368 g/mol. The third-order valence-corrected chi connectivity index (χ3v) is 9.89. The molecule has 4 saturated carbocycles. The van der Waals surface area contributed by atoms with Crippen molar-refractivity contribution in [1.82, 2.24) is 0 Å². The summed E-state index contributed by atoms with van der Waals surface area (Å²) in [7, 11) is 0. The van der Waals surface area contributed by atoms with Gasteiger partial charge in [0.05, 0.1) is 0 Å². The number of aliphatic hydroxyl groups is 1. The minimum Gasteiger partial charge on any atom is -0.458 e. The average molecular weight is 405 g/mol. The van der Waals surface area contributed by atoms with Crippen molar-refractivity contribution in [3.8, 4) is 0 Å². The third-order valence-electron chi connectivity index (χ3n) is 9.89. The van der Waals surface area contributed by atoms with Crippen molar-refractivity contribution < 1.29 is 24.2 Å². The van der Waals surface area contributed by atoms with Crippen molar-refractivity contribution in [2.75, 3.05) is 6.61 Å². The van der Waals surface area contributed by atoms with Gasteiger partial charge >= 0.3 is 5.97 Å². The molecule has 4 rings (SSSR count). The highest BCUT2D eigenvalue weighted by atomic mass is 16.5. The Bertz CT molecular complexity index is 731. The SMILES string of the molecule is CC(=O)OCC(=O)C1(O)C(C)CC2C3CCC4CC(=O)CCC4(C)C3CCC21C. The van der Waals surface area contributed by atoms with E-state index >= 15 is 0 Å². The molecule has 0 aromatic carbocycles. The summed E-state index contributed by atoms with van der Waals surface area (Å²) in [5.41, 5.74) is -1.69. The maximum absolute atomic E-state index is 13.1. The van der Waals surface area contributed by atoms with Crippen LogP contribution in [0.1, 0.15) is 79.1 Å². The van der Waals surface area contributed by atoms with E-state index in [1.54, 1.807) is 0 Å². The fourth-order valence-corrected chi connectivity index (χ4v) is 8.26. The Morgan fingerprint density at radius 1 is 1.14 bits per heavy atom. The van der Waals surface area contributed by atoms with Gasteiger partial charge < -0.3 is 9.84 Å². The fraction of sp³-hybridized carbons (Fsp3) is 0.875. The first-order valence-electron chi connectivity index (χ1n) is 11.4. The van der Waals surface area contributed by atoms with E-state index in [2.05, 4.69) is 13.8 Å². The summed E-state index contributed by atoms with van der Waals surface area (Å²) >= 11 is 0. The van der Waals surface area contributed by atoms with Gasteiger partial charge in [0.1, 0.15) is 11.4 Å². The maximum atomic E-state index is 13.1. The van der Waals surface area contributed by atoms with E-state index in [4.69, 9.17) is 4.74 Å². The van der Waals surface area contributed by atoms with E-state index in [0.29, 0.717) is 35.9 Å². The number of hydrogen-bond donors (Lipinski definition) is 1. The molecule has 5 heteroatoms. The Kier molecular flexibility index (Phi) is 5.00. The molecule has 4 aliphatic carbocycles. The van der Waals surface area contributed by atoms with Crippen LogP contribution in [0.4, 0.5) is 0 Å². The van der Waals surface area contributed by atoms with Gasteiger partial charge in [-0.3, -0.25) is 14.4 Å². The van der Waals surface area contributed by atoms with Crippen LogP contribution in [0.25, 0.3) is 0 Å². The van der Waals surface area contributed by atoms with Gasteiger partial charge in [-0.15, -0.1) is 0 Å². The molecule has 162 valence electrons. The summed E-state index contributed by atoms with van der Waals surface area (Å²) in [4.78, 5) is 36.3. The molecular formula is C24H36O5. The number of fused-ring (bicyclic) bond motifs is 5. The zero-order chi connectivity index (χ0) is 21.2. The number of carbonyl (C=O) groups excluding carboxylic acids is 3. The molecule has 0 aromatic heterocycles. The predicted molar refractivity (Wildman–Crippen MR) is 108 cm³/mol. The zero-order valence-electron chi connectivity index (χ0n) is 18.3. The predicted octanol–water partition coefficient (Wildman–Crippen LogP) is 3.71. The molecule has 5 nitrogen and oxygen atoms in total. The molecule has 4 fully saturated rings. The van der Waals surface area contributed by atoms with Crippen molar-refractivity contribution in [2.45, 2.75) is 84.7 Å². The number of Topliss-reactive ketones (excluding diaryl/α,β-unsaturated/α-hetero) is 2. The molecule has 0 radical (unpaired) electrons. The van der Waals surface area contributed by atoms with E-state index in [0.717, 1.165) is 44.9 Å². The van der Waals surface area contributed by atoms with Crippen LogP contribution < -0.4 is 0 Å². The fourth-order valence-electron chi connectivity index (χ4n) is 8.26. The molecule has 0 amide bonds. The molecule has 8 atom stereocenters. The second kappa shape index (κ2) is 6.90. The minimum atomic E-state index is -1.43. The number of ketones is 2. The van der Waals surface area contributed by atoms with Crippen LogP contribution in [-0.4, -0.2) is 34.9 Å². The van der Waals surface area contributed by atoms with E-state index in [1.165, 1.54) is 6.92 Å². The van der Waals surface area contributed by atoms with Crippen LogP contribution >= 0.6 is 0 Å². The van der Waals surface area contributed by atoms with Crippen molar-refractivity contribution >= 4 is 17.5 Å². The van der Waals surface area contributed by atoms with Gasteiger partial charge in [-0.05, 0) is 73.5 Å². The molecule has 0 bridgehead atoms. The zero-order valence-corrected chi connectivity index (χ0v) is 18.3. The summed E-state index contributed by atoms with van der Waals surface area (Å²) in [6, 6.07) is 0. The normalized spacial score (nSPS) is 49.0. The van der Waals surface area contributed by atoms with E-state index < -0.39 is 17.0 Å². The van der Waals surface area contributed by atoms with E-state index in [1.807, 2.05) is 6.92 Å². The lowest BCUT2D eigenvalue weighted by Gasteiger charge is -2.60. The number of rotatable bonds is 3. The van der Waals surface area contributed by atoms with Gasteiger partial charge in [-0.1, -0.05) is 20.8 Å². The first kappa shape index (κ1) is 21.0. The Morgan fingerprint density at radius 3 is 2.55 bits per heavy atom. The average Bonchev–Trinajstić information content (AvgIpc) is 2.88. The number of ether oxygens (including phenoxy) is 1. The van der Waals surface area contributed by atoms with Crippen molar-refractivity contribution in [3.63, 3.8) is 0 Å². The summed E-state index contributed by atoms with van der Waals surface area (Å²) in [6.07, 6.45) is 7.30. The van der Waals surface area contributed by atoms with Crippen LogP contribution in [0, 0.1) is 40.4 Å². The smallest absolute Gasteiger partial charge is 0.303 e. The highest BCUT2D eigenvalue weighted by molar-refractivity contribution is 5.91. The molecule has 1 N–H and O–H groups in total. The Hall–Kier alpha value is -1.23. The van der Waals surface area contributed by atoms with E-state index in [-0.39, 0.29) is 23.7 Å². The summed E-state index contributed by atoms with van der Waals surface area (Å²) in [5, 5.41) is 11.7. The lowest BCUT2D eigenvalue weighted by Crippen LogP contribution is -2.60. The summed E-state index contributed by atoms with van der Waals surface area (Å²) < 4.78 is 4.98. The number of esters is 1. The Morgan fingerprint density at radius 2 is 1.86 bits per heavy atom. The van der Waals surface area contributed by atoms with Gasteiger partial charge in [0, 0.05) is 25.2 Å². The molecule has 29 heavy (non-hydrogen) atoms. The summed E-state index contributed by atoms with van der Waals surface area (Å²) in [5.74, 6) is 1.33. The van der Waals surface area contributed by atoms with Gasteiger partial charge in [-0.2, -0.15) is 0 Å². The molecule has 0 aliphatic heterocycles. The standard InChI is InChI=1S/C24H36O5/c1-14-11-20-18-6-5-16-12-17(26)7-9-22(16,3)19(18)8-10-23(20,4)24(14,28)21(27)13-29-15(2)25/h14,16,18-20,28H,5-13H2,1-4H3. The summed E-state index contributed by atoms with van der Waals surface area (Å²) in [6.45, 7) is 7.44. The van der Waals surface area contributed by atoms with Gasteiger partial charge in [0.15, 0.2) is 6.61 Å². The van der Waals surface area contributed by atoms with E-state index in [9.17, 15) is 19.5 Å². The second-order valence-electron chi connectivity index (χ2n) is 11.0. The minimum absolute atomic E-state index is 0.141. The first-order valence-corrected chi connectivity index (χ1v) is 11.4. The van der Waals surface area contributed by atoms with Gasteiger partial charge in [0.25, 0.3) is 0 Å². The quantitative estimate of drug-likeness (QED) is 0.725. The third kappa shape index (κ3) is 2.86. The molecule has 8 unspecified atom stereocenters. The number of carbonyl (C=O) groups is 3. The van der Waals surface area contributed by atoms with Crippen molar-refractivity contribution in [1.29, 1.82) is 0 Å². The lowest BCUT2D eigenvalue weighted by molar-refractivity contribution is -0.179. The highest BCUT2D eigenvalue weighted by Crippen LogP contribution is 2.69. The maximum Gasteiger partial charge on any atom is 0.303 e. The van der Waals surface area contributed by atoms with Crippen LogP contribution in [0.2, 0.25) is 0 Å². The molecule has 0 saturated heterocycles. The lowest BCUT2D eigenvalue weighted by atomic mass is 9.44. The van der Waals surface area contributed by atoms with Crippen LogP contribution in [0.5, 0.6) is 0 Å². The largest absolute Gasteiger partial charge is 0.458 e.